The molecule has 36 heavy (non-hydrogen) atoms. The summed E-state index contributed by atoms with van der Waals surface area (Å²) in [5.74, 6) is 0.698. The van der Waals surface area contributed by atoms with E-state index in [4.69, 9.17) is 9.47 Å². The van der Waals surface area contributed by atoms with Crippen molar-refractivity contribution < 1.29 is 22.7 Å². The number of nitrogens with zero attached hydrogens (tertiary/aromatic N) is 6. The van der Waals surface area contributed by atoms with Gasteiger partial charge in [-0.05, 0) is 33.8 Å². The number of ether oxygens (including phenoxy) is 2. The minimum atomic E-state index is -3.68. The van der Waals surface area contributed by atoms with Crippen molar-refractivity contribution in [2.75, 3.05) is 19.3 Å². The molecule has 1 fully saturated rings. The lowest BCUT2D eigenvalue weighted by molar-refractivity contribution is 0.0123. The molecule has 0 aromatic carbocycles. The van der Waals surface area contributed by atoms with Gasteiger partial charge in [0.05, 0.1) is 0 Å². The molecule has 0 spiro atoms. The van der Waals surface area contributed by atoms with Crippen LogP contribution < -0.4 is 10.3 Å². The fraction of sp³-hybridized carbons (Fsp3) is 0.522. The Bertz CT molecular complexity index is 1450. The molecular formula is C23H30N6O6S. The molecule has 0 bridgehead atoms. The predicted molar refractivity (Wildman–Crippen MR) is 131 cm³/mol. The number of sulfone groups is 1. The number of hydrogen-bond acceptors (Lipinski definition) is 9. The highest BCUT2D eigenvalue weighted by molar-refractivity contribution is 7.90. The summed E-state index contributed by atoms with van der Waals surface area (Å²) in [6.45, 7) is 8.60. The van der Waals surface area contributed by atoms with Gasteiger partial charge in [-0.25, -0.2) is 27.6 Å². The number of fused-ring (bicyclic) bond motifs is 1. The zero-order chi connectivity index (χ0) is 26.3. The third kappa shape index (κ3) is 5.35. The van der Waals surface area contributed by atoms with Gasteiger partial charge in [0.25, 0.3) is 5.56 Å². The summed E-state index contributed by atoms with van der Waals surface area (Å²) in [4.78, 5) is 39.5. The van der Waals surface area contributed by atoms with Crippen LogP contribution in [0.2, 0.25) is 0 Å². The van der Waals surface area contributed by atoms with Gasteiger partial charge >= 0.3 is 6.09 Å². The topological polar surface area (TPSA) is 139 Å². The average molecular weight is 519 g/mol. The molecule has 3 aromatic heterocycles. The lowest BCUT2D eigenvalue weighted by Crippen LogP contribution is -2.44. The quantitative estimate of drug-likeness (QED) is 0.465. The smallest absolute Gasteiger partial charge is 0.410 e. The summed E-state index contributed by atoms with van der Waals surface area (Å²) in [6.07, 6.45) is 2.97. The lowest BCUT2D eigenvalue weighted by atomic mass is 10.1. The van der Waals surface area contributed by atoms with Crippen LogP contribution in [0.15, 0.2) is 34.3 Å². The molecule has 0 saturated carbocycles. The first-order chi connectivity index (χ1) is 16.9. The Morgan fingerprint density at radius 2 is 1.86 bits per heavy atom. The van der Waals surface area contributed by atoms with Gasteiger partial charge in [-0.3, -0.25) is 4.79 Å². The number of amides is 1. The normalized spacial score (nSPS) is 15.3. The molecule has 194 valence electrons. The van der Waals surface area contributed by atoms with E-state index in [9.17, 15) is 18.0 Å². The second-order valence-corrected chi connectivity index (χ2v) is 11.5. The molecule has 0 N–H and O–H groups in total. The van der Waals surface area contributed by atoms with E-state index < -0.39 is 15.4 Å². The Hall–Kier alpha value is -3.48. The molecule has 3 aromatic rings. The van der Waals surface area contributed by atoms with Gasteiger partial charge in [-0.15, -0.1) is 0 Å². The third-order valence-corrected chi connectivity index (χ3v) is 6.45. The number of likely N-dealkylation sites (tertiary alicyclic amines) is 1. The number of carbonyl (C=O) groups is 1. The summed E-state index contributed by atoms with van der Waals surface area (Å²) in [5.41, 5.74) is -0.758. The number of rotatable bonds is 5. The first kappa shape index (κ1) is 25.6. The van der Waals surface area contributed by atoms with Gasteiger partial charge in [0.1, 0.15) is 17.1 Å². The molecule has 1 amide bonds. The zero-order valence-corrected chi connectivity index (χ0v) is 21.8. The van der Waals surface area contributed by atoms with Crippen LogP contribution >= 0.6 is 0 Å². The Morgan fingerprint density at radius 3 is 2.47 bits per heavy atom. The van der Waals surface area contributed by atoms with Crippen molar-refractivity contribution in [2.24, 2.45) is 0 Å². The van der Waals surface area contributed by atoms with Gasteiger partial charge in [-0.2, -0.15) is 9.97 Å². The number of carbonyl (C=O) groups excluding carboxylic acids is 1. The summed E-state index contributed by atoms with van der Waals surface area (Å²) >= 11 is 0. The van der Waals surface area contributed by atoms with Crippen molar-refractivity contribution in [3.63, 3.8) is 0 Å². The molecule has 1 saturated heterocycles. The van der Waals surface area contributed by atoms with Crippen molar-refractivity contribution in [1.82, 2.24) is 29.2 Å². The van der Waals surface area contributed by atoms with Crippen LogP contribution in [-0.2, 0) is 21.1 Å². The van der Waals surface area contributed by atoms with Crippen LogP contribution in [-0.4, -0.2) is 74.8 Å². The van der Waals surface area contributed by atoms with E-state index in [0.717, 1.165) is 6.26 Å². The number of pyridine rings is 1. The van der Waals surface area contributed by atoms with E-state index in [2.05, 4.69) is 15.0 Å². The van der Waals surface area contributed by atoms with Gasteiger partial charge < -0.3 is 14.4 Å². The second kappa shape index (κ2) is 9.52. The van der Waals surface area contributed by atoms with E-state index in [1.165, 1.54) is 15.6 Å². The minimum Gasteiger partial charge on any atom is -0.474 e. The lowest BCUT2D eigenvalue weighted by Gasteiger charge is -2.33. The third-order valence-electron chi connectivity index (χ3n) is 5.59. The molecule has 1 aliphatic heterocycles. The predicted octanol–water partition coefficient (Wildman–Crippen LogP) is 2.18. The summed E-state index contributed by atoms with van der Waals surface area (Å²) in [6, 6.07) is 5.13. The first-order valence-electron chi connectivity index (χ1n) is 11.7. The van der Waals surface area contributed by atoms with Gasteiger partial charge in [0.2, 0.25) is 20.9 Å². The molecule has 13 heteroatoms. The van der Waals surface area contributed by atoms with Gasteiger partial charge in [-0.1, -0.05) is 6.07 Å². The molecule has 4 rings (SSSR count). The molecule has 0 aliphatic carbocycles. The van der Waals surface area contributed by atoms with E-state index >= 15 is 0 Å². The SMILES string of the molecule is CCn1c(=O)c2cnc(S(C)(=O)=O)nc2n1-c1cccc(OC2CCN(C(=O)OC(C)(C)C)CC2)n1. The van der Waals surface area contributed by atoms with Crippen molar-refractivity contribution in [3.8, 4) is 11.7 Å². The Labute approximate surface area is 208 Å². The highest BCUT2D eigenvalue weighted by atomic mass is 32.2. The van der Waals surface area contributed by atoms with E-state index in [-0.39, 0.29) is 33.9 Å². The average Bonchev–Trinajstić information content (AvgIpc) is 3.09. The van der Waals surface area contributed by atoms with E-state index in [1.807, 2.05) is 20.8 Å². The number of hydrogen-bond donors (Lipinski definition) is 0. The fourth-order valence-electron chi connectivity index (χ4n) is 3.95. The van der Waals surface area contributed by atoms with Crippen molar-refractivity contribution >= 4 is 27.0 Å². The Kier molecular flexibility index (Phi) is 6.78. The summed E-state index contributed by atoms with van der Waals surface area (Å²) in [7, 11) is -3.68. The summed E-state index contributed by atoms with van der Waals surface area (Å²) in [5, 5.41) is -0.187. The molecule has 0 radical (unpaired) electrons. The summed E-state index contributed by atoms with van der Waals surface area (Å²) < 4.78 is 38.4. The van der Waals surface area contributed by atoms with Crippen molar-refractivity contribution in [2.45, 2.75) is 63.9 Å². The minimum absolute atomic E-state index is 0.146. The molecule has 4 heterocycles. The molecule has 0 unspecified atom stereocenters. The van der Waals surface area contributed by atoms with Crippen LogP contribution in [0.3, 0.4) is 0 Å². The maximum absolute atomic E-state index is 12.9. The molecule has 12 nitrogen and oxygen atoms in total. The van der Waals surface area contributed by atoms with Crippen molar-refractivity contribution in [3.05, 3.63) is 34.7 Å². The van der Waals surface area contributed by atoms with E-state index in [1.54, 1.807) is 30.0 Å². The Balaban J connectivity index is 1.58. The first-order valence-corrected chi connectivity index (χ1v) is 13.6. The number of piperidine rings is 1. The van der Waals surface area contributed by atoms with E-state index in [0.29, 0.717) is 44.2 Å². The number of aromatic nitrogens is 5. The highest BCUT2D eigenvalue weighted by Gasteiger charge is 2.28. The second-order valence-electron chi connectivity index (χ2n) is 9.61. The molecule has 0 atom stereocenters. The van der Waals surface area contributed by atoms with Crippen LogP contribution in [0.25, 0.3) is 16.9 Å². The van der Waals surface area contributed by atoms with Crippen LogP contribution in [0.4, 0.5) is 4.79 Å². The van der Waals surface area contributed by atoms with Crippen molar-refractivity contribution in [1.29, 1.82) is 0 Å². The Morgan fingerprint density at radius 1 is 1.17 bits per heavy atom. The molecular weight excluding hydrogens is 488 g/mol. The van der Waals surface area contributed by atoms with Gasteiger partial charge in [0.15, 0.2) is 11.5 Å². The van der Waals surface area contributed by atoms with Gasteiger partial charge in [0, 0.05) is 51.0 Å². The highest BCUT2D eigenvalue weighted by Crippen LogP contribution is 2.22. The maximum atomic E-state index is 12.9. The maximum Gasteiger partial charge on any atom is 0.410 e. The van der Waals surface area contributed by atoms with Crippen LogP contribution in [0.1, 0.15) is 40.5 Å². The fourth-order valence-corrected chi connectivity index (χ4v) is 4.45. The standard InChI is InChI=1S/C23H30N6O6S/c1-6-28-20(30)16-14-24-21(36(5,32)33)26-19(16)29(28)17-8-7-9-18(25-17)34-15-10-12-27(13-11-15)22(31)35-23(2,3)4/h7-9,14-15H,6,10-13H2,1-5H3. The van der Waals surface area contributed by atoms with Crippen LogP contribution in [0.5, 0.6) is 5.88 Å². The largest absolute Gasteiger partial charge is 0.474 e. The monoisotopic (exact) mass is 518 g/mol. The molecule has 1 aliphatic rings. The van der Waals surface area contributed by atoms with Crippen LogP contribution in [0, 0.1) is 0 Å². The zero-order valence-electron chi connectivity index (χ0n) is 21.0.